The van der Waals surface area contributed by atoms with Crippen LogP contribution < -0.4 is 0 Å². The second-order valence-electron chi connectivity index (χ2n) is 4.06. The van der Waals surface area contributed by atoms with Crippen LogP contribution in [0.3, 0.4) is 0 Å². The van der Waals surface area contributed by atoms with Crippen LogP contribution in [0.2, 0.25) is 0 Å². The molecule has 0 bridgehead atoms. The fourth-order valence-corrected chi connectivity index (χ4v) is 1.20. The minimum Gasteiger partial charge on any atom is -0.464 e. The molecule has 0 aliphatic heterocycles. The zero-order chi connectivity index (χ0) is 11.1. The Labute approximate surface area is 86.8 Å². The lowest BCUT2D eigenvalue weighted by Gasteiger charge is -2.20. The molecule has 3 heteroatoms. The molecule has 0 spiro atoms. The number of carbonyl (C=O) groups excluding carboxylic acids is 1. The van der Waals surface area contributed by atoms with Gasteiger partial charge >= 0.3 is 5.97 Å². The highest BCUT2D eigenvalue weighted by Crippen LogP contribution is 2.12. The van der Waals surface area contributed by atoms with E-state index in [1.54, 1.807) is 6.92 Å². The van der Waals surface area contributed by atoms with Crippen LogP contribution in [0.25, 0.3) is 0 Å². The van der Waals surface area contributed by atoms with Gasteiger partial charge in [-0.1, -0.05) is 13.8 Å². The van der Waals surface area contributed by atoms with Crippen LogP contribution in [0.15, 0.2) is 0 Å². The lowest BCUT2D eigenvalue weighted by atomic mass is 10.1. The number of carbonyl (C=O) groups is 1. The van der Waals surface area contributed by atoms with Crippen LogP contribution in [0.1, 0.15) is 41.0 Å². The van der Waals surface area contributed by atoms with Gasteiger partial charge in [0.1, 0.15) is 0 Å². The summed E-state index contributed by atoms with van der Waals surface area (Å²) in [5.74, 6) is 0.193. The highest BCUT2D eigenvalue weighted by atomic mass is 16.6. The van der Waals surface area contributed by atoms with Gasteiger partial charge in [0, 0.05) is 0 Å². The summed E-state index contributed by atoms with van der Waals surface area (Å²) in [6.45, 7) is 10.2. The number of hydrogen-bond donors (Lipinski definition) is 0. The van der Waals surface area contributed by atoms with Crippen molar-refractivity contribution in [2.24, 2.45) is 5.92 Å². The molecular weight excluding hydrogens is 180 g/mol. The van der Waals surface area contributed by atoms with Gasteiger partial charge in [0.2, 0.25) is 0 Å². The molecule has 0 N–H and O–H groups in total. The molecule has 0 radical (unpaired) electrons. The third-order valence-electron chi connectivity index (χ3n) is 1.67. The fourth-order valence-electron chi connectivity index (χ4n) is 1.20. The van der Waals surface area contributed by atoms with E-state index >= 15 is 0 Å². The lowest BCUT2D eigenvalue weighted by molar-refractivity contribution is -0.160. The first-order valence-corrected chi connectivity index (χ1v) is 5.29. The average molecular weight is 202 g/mol. The molecule has 0 heterocycles. The Bertz CT molecular complexity index is 154. The predicted molar refractivity (Wildman–Crippen MR) is 56.1 cm³/mol. The molecule has 0 aromatic heterocycles. The van der Waals surface area contributed by atoms with E-state index in [0.717, 1.165) is 6.42 Å². The number of rotatable bonds is 6. The first-order valence-electron chi connectivity index (χ1n) is 5.29. The quantitative estimate of drug-likeness (QED) is 0.620. The maximum atomic E-state index is 11.5. The van der Waals surface area contributed by atoms with Crippen molar-refractivity contribution in [2.75, 3.05) is 6.61 Å². The summed E-state index contributed by atoms with van der Waals surface area (Å²) in [4.78, 5) is 11.5. The highest BCUT2D eigenvalue weighted by Gasteiger charge is 2.22. The van der Waals surface area contributed by atoms with Gasteiger partial charge in [0.05, 0.1) is 12.7 Å². The van der Waals surface area contributed by atoms with Crippen molar-refractivity contribution in [1.82, 2.24) is 0 Å². The Morgan fingerprint density at radius 2 is 1.79 bits per heavy atom. The Kier molecular flexibility index (Phi) is 6.54. The Morgan fingerprint density at radius 3 is 2.14 bits per heavy atom. The fraction of sp³-hybridized carbons (Fsp3) is 0.909. The molecule has 0 amide bonds. The number of esters is 1. The molecule has 0 aliphatic rings. The molecular formula is C11H22O3. The first kappa shape index (κ1) is 13.4. The smallest absolute Gasteiger partial charge is 0.335 e. The monoisotopic (exact) mass is 202 g/mol. The van der Waals surface area contributed by atoms with E-state index in [0.29, 0.717) is 12.5 Å². The second-order valence-corrected chi connectivity index (χ2v) is 4.06. The predicted octanol–water partition coefficient (Wildman–Crippen LogP) is 2.39. The topological polar surface area (TPSA) is 35.5 Å². The van der Waals surface area contributed by atoms with Gasteiger partial charge in [-0.05, 0) is 33.1 Å². The summed E-state index contributed by atoms with van der Waals surface area (Å²) < 4.78 is 10.4. The summed E-state index contributed by atoms with van der Waals surface area (Å²) in [5, 5.41) is 0. The van der Waals surface area contributed by atoms with Gasteiger partial charge in [-0.25, -0.2) is 4.79 Å². The number of hydrogen-bond acceptors (Lipinski definition) is 3. The maximum Gasteiger partial charge on any atom is 0.335 e. The van der Waals surface area contributed by atoms with E-state index in [9.17, 15) is 4.79 Å². The minimum atomic E-state index is -0.407. The van der Waals surface area contributed by atoms with E-state index in [4.69, 9.17) is 9.47 Å². The normalized spacial score (nSPS) is 13.4. The van der Waals surface area contributed by atoms with Crippen LogP contribution in [-0.4, -0.2) is 24.8 Å². The average Bonchev–Trinajstić information content (AvgIpc) is 2.01. The molecule has 0 saturated carbocycles. The third kappa shape index (κ3) is 5.97. The summed E-state index contributed by atoms with van der Waals surface area (Å²) in [6.07, 6.45) is 0.370. The second kappa shape index (κ2) is 6.82. The molecule has 0 aliphatic carbocycles. The molecule has 0 aromatic rings. The van der Waals surface area contributed by atoms with Gasteiger partial charge in [-0.2, -0.15) is 0 Å². The van der Waals surface area contributed by atoms with Crippen LogP contribution in [0.5, 0.6) is 0 Å². The molecule has 0 unspecified atom stereocenters. The maximum absolute atomic E-state index is 11.5. The van der Waals surface area contributed by atoms with E-state index < -0.39 is 6.10 Å². The first-order chi connectivity index (χ1) is 6.47. The molecule has 14 heavy (non-hydrogen) atoms. The summed E-state index contributed by atoms with van der Waals surface area (Å²) >= 11 is 0. The van der Waals surface area contributed by atoms with E-state index in [-0.39, 0.29) is 12.1 Å². The van der Waals surface area contributed by atoms with Gasteiger partial charge in [0.15, 0.2) is 6.10 Å². The zero-order valence-electron chi connectivity index (χ0n) is 9.87. The largest absolute Gasteiger partial charge is 0.464 e. The standard InChI is InChI=1S/C11H22O3/c1-6-13-11(12)10(7-8(2)3)14-9(4)5/h8-10H,6-7H2,1-5H3/t10-/m1/s1. The van der Waals surface area contributed by atoms with Gasteiger partial charge in [-0.15, -0.1) is 0 Å². The number of ether oxygens (including phenoxy) is 2. The lowest BCUT2D eigenvalue weighted by Crippen LogP contribution is -2.30. The van der Waals surface area contributed by atoms with Crippen LogP contribution in [-0.2, 0) is 14.3 Å². The Morgan fingerprint density at radius 1 is 1.21 bits per heavy atom. The third-order valence-corrected chi connectivity index (χ3v) is 1.67. The van der Waals surface area contributed by atoms with Gasteiger partial charge in [0.25, 0.3) is 0 Å². The Balaban J connectivity index is 4.15. The van der Waals surface area contributed by atoms with Crippen molar-refractivity contribution in [3.63, 3.8) is 0 Å². The van der Waals surface area contributed by atoms with Crippen molar-refractivity contribution in [1.29, 1.82) is 0 Å². The van der Waals surface area contributed by atoms with Crippen molar-refractivity contribution in [2.45, 2.75) is 53.2 Å². The summed E-state index contributed by atoms with van der Waals surface area (Å²) in [6, 6.07) is 0. The minimum absolute atomic E-state index is 0.0585. The molecule has 0 aromatic carbocycles. The van der Waals surface area contributed by atoms with Crippen LogP contribution in [0, 0.1) is 5.92 Å². The van der Waals surface area contributed by atoms with Gasteiger partial charge in [-0.3, -0.25) is 0 Å². The summed E-state index contributed by atoms with van der Waals surface area (Å²) in [5.41, 5.74) is 0. The molecule has 0 saturated heterocycles. The SMILES string of the molecule is CCOC(=O)[C@@H](CC(C)C)OC(C)C. The highest BCUT2D eigenvalue weighted by molar-refractivity contribution is 5.74. The summed E-state index contributed by atoms with van der Waals surface area (Å²) in [7, 11) is 0. The van der Waals surface area contributed by atoms with E-state index in [1.807, 2.05) is 13.8 Å². The molecule has 0 fully saturated rings. The Hall–Kier alpha value is -0.570. The molecule has 1 atom stereocenters. The zero-order valence-corrected chi connectivity index (χ0v) is 9.87. The van der Waals surface area contributed by atoms with E-state index in [2.05, 4.69) is 13.8 Å². The van der Waals surface area contributed by atoms with Crippen LogP contribution in [0.4, 0.5) is 0 Å². The van der Waals surface area contributed by atoms with Gasteiger partial charge < -0.3 is 9.47 Å². The van der Waals surface area contributed by atoms with E-state index in [1.165, 1.54) is 0 Å². The van der Waals surface area contributed by atoms with Crippen molar-refractivity contribution in [3.05, 3.63) is 0 Å². The molecule has 84 valence electrons. The molecule has 3 nitrogen and oxygen atoms in total. The molecule has 0 rings (SSSR count). The van der Waals surface area contributed by atoms with Crippen LogP contribution >= 0.6 is 0 Å². The van der Waals surface area contributed by atoms with Crippen molar-refractivity contribution in [3.8, 4) is 0 Å². The van der Waals surface area contributed by atoms with Crippen molar-refractivity contribution >= 4 is 5.97 Å². The van der Waals surface area contributed by atoms with Crippen molar-refractivity contribution < 1.29 is 14.3 Å².